The van der Waals surface area contributed by atoms with Crippen LogP contribution in [0.5, 0.6) is 5.75 Å². The Morgan fingerprint density at radius 1 is 1.33 bits per heavy atom. The van der Waals surface area contributed by atoms with Crippen molar-refractivity contribution in [2.24, 2.45) is 0 Å². The maximum Gasteiger partial charge on any atom is 0.210 e. The molecule has 1 aromatic rings. The van der Waals surface area contributed by atoms with Crippen LogP contribution < -0.4 is 0 Å². The fraction of sp³-hybridized carbons (Fsp3) is 0.100. The van der Waals surface area contributed by atoms with Crippen molar-refractivity contribution in [1.29, 1.82) is 0 Å². The number of ketones is 1. The van der Waals surface area contributed by atoms with Crippen molar-refractivity contribution in [2.45, 2.75) is 11.8 Å². The zero-order chi connectivity index (χ0) is 11.2. The van der Waals surface area contributed by atoms with Gasteiger partial charge in [0.2, 0.25) is 9.84 Å². The van der Waals surface area contributed by atoms with Crippen LogP contribution in [0.2, 0.25) is 0 Å². The maximum absolute atomic E-state index is 11.8. The molecule has 0 unspecified atom stereocenters. The van der Waals surface area contributed by atoms with Crippen LogP contribution in [0.4, 0.5) is 0 Å². The van der Waals surface area contributed by atoms with Crippen LogP contribution in [-0.4, -0.2) is 19.3 Å². The molecule has 0 spiro atoms. The Balaban J connectivity index is 2.74. The summed E-state index contributed by atoms with van der Waals surface area (Å²) in [6.45, 7) is 1.20. The van der Waals surface area contributed by atoms with Crippen LogP contribution in [0.25, 0.3) is 6.08 Å². The molecule has 1 N–H and O–H groups in total. The number of hydrogen-bond acceptors (Lipinski definition) is 4. The number of hydrogen-bond donors (Lipinski definition) is 1. The summed E-state index contributed by atoms with van der Waals surface area (Å²) in [7, 11) is -3.72. The summed E-state index contributed by atoms with van der Waals surface area (Å²) in [4.78, 5) is 10.9. The van der Waals surface area contributed by atoms with E-state index in [1.807, 2.05) is 0 Å². The summed E-state index contributed by atoms with van der Waals surface area (Å²) in [6.07, 6.45) is 1.33. The molecule has 0 radical (unpaired) electrons. The first kappa shape index (κ1) is 9.92. The lowest BCUT2D eigenvalue weighted by Crippen LogP contribution is -2.06. The average Bonchev–Trinajstić information content (AvgIpc) is 2.39. The molecule has 0 aromatic heterocycles. The monoisotopic (exact) mass is 224 g/mol. The van der Waals surface area contributed by atoms with Gasteiger partial charge in [0, 0.05) is 0 Å². The largest absolute Gasteiger partial charge is 0.508 e. The second kappa shape index (κ2) is 2.93. The number of fused-ring (bicyclic) bond motifs is 1. The predicted molar refractivity (Wildman–Crippen MR) is 54.0 cm³/mol. The van der Waals surface area contributed by atoms with E-state index in [4.69, 9.17) is 0 Å². The molecule has 0 saturated heterocycles. The number of carbonyl (C=O) groups is 1. The van der Waals surface area contributed by atoms with Crippen molar-refractivity contribution in [2.75, 3.05) is 0 Å². The molecule has 2 rings (SSSR count). The lowest BCUT2D eigenvalue weighted by molar-refractivity contribution is -0.112. The minimum Gasteiger partial charge on any atom is -0.508 e. The molecule has 0 saturated carbocycles. The van der Waals surface area contributed by atoms with Gasteiger partial charge >= 0.3 is 0 Å². The summed E-state index contributed by atoms with van der Waals surface area (Å²) in [5.41, 5.74) is 0.443. The Labute approximate surface area is 86.8 Å². The van der Waals surface area contributed by atoms with E-state index in [0.717, 1.165) is 6.07 Å². The van der Waals surface area contributed by atoms with Crippen molar-refractivity contribution in [3.05, 3.63) is 28.7 Å². The SMILES string of the molecule is CC(=O)C1=Cc2ccc(O)cc2S1(=O)=O. The van der Waals surface area contributed by atoms with E-state index in [2.05, 4.69) is 0 Å². The molecule has 1 aliphatic heterocycles. The molecular weight excluding hydrogens is 216 g/mol. The molecule has 4 nitrogen and oxygen atoms in total. The minimum atomic E-state index is -3.72. The Kier molecular flexibility index (Phi) is 1.94. The van der Waals surface area contributed by atoms with Gasteiger partial charge in [-0.05, 0) is 36.8 Å². The predicted octanol–water partition coefficient (Wildman–Crippen LogP) is 1.11. The van der Waals surface area contributed by atoms with Crippen LogP contribution in [0, 0.1) is 0 Å². The molecule has 1 heterocycles. The highest BCUT2D eigenvalue weighted by Crippen LogP contribution is 2.34. The smallest absolute Gasteiger partial charge is 0.210 e. The molecule has 1 aliphatic rings. The lowest BCUT2D eigenvalue weighted by atomic mass is 10.2. The number of phenolic OH excluding ortho intramolecular Hbond substituents is 1. The number of phenols is 1. The van der Waals surface area contributed by atoms with Crippen molar-refractivity contribution in [3.63, 3.8) is 0 Å². The summed E-state index contributed by atoms with van der Waals surface area (Å²) in [5, 5.41) is 9.18. The molecular formula is C10H8O4S. The maximum atomic E-state index is 11.8. The summed E-state index contributed by atoms with van der Waals surface area (Å²) in [5.74, 6) is -0.624. The highest BCUT2D eigenvalue weighted by atomic mass is 32.2. The fourth-order valence-electron chi connectivity index (χ4n) is 1.50. The first-order chi connectivity index (χ1) is 6.93. The molecule has 78 valence electrons. The zero-order valence-corrected chi connectivity index (χ0v) is 8.71. The molecule has 0 aliphatic carbocycles. The summed E-state index contributed by atoms with van der Waals surface area (Å²) < 4.78 is 23.6. The number of benzene rings is 1. The third kappa shape index (κ3) is 1.35. The minimum absolute atomic E-state index is 0.00676. The Hall–Kier alpha value is -1.62. The molecule has 15 heavy (non-hydrogen) atoms. The average molecular weight is 224 g/mol. The van der Waals surface area contributed by atoms with E-state index in [1.54, 1.807) is 0 Å². The molecule has 5 heteroatoms. The molecule has 0 fully saturated rings. The summed E-state index contributed by atoms with van der Waals surface area (Å²) >= 11 is 0. The van der Waals surface area contributed by atoms with Crippen LogP contribution in [0.1, 0.15) is 12.5 Å². The van der Waals surface area contributed by atoms with Gasteiger partial charge in [0.25, 0.3) is 0 Å². The van der Waals surface area contributed by atoms with Gasteiger partial charge in [-0.25, -0.2) is 8.42 Å². The second-order valence-corrected chi connectivity index (χ2v) is 5.18. The lowest BCUT2D eigenvalue weighted by Gasteiger charge is -2.00. The van der Waals surface area contributed by atoms with Gasteiger partial charge in [0.15, 0.2) is 5.78 Å². The van der Waals surface area contributed by atoms with Gasteiger partial charge in [-0.3, -0.25) is 4.79 Å². The van der Waals surface area contributed by atoms with Gasteiger partial charge in [0.1, 0.15) is 10.7 Å². The van der Waals surface area contributed by atoms with Gasteiger partial charge < -0.3 is 5.11 Å². The van der Waals surface area contributed by atoms with Crippen molar-refractivity contribution in [3.8, 4) is 5.75 Å². The van der Waals surface area contributed by atoms with Crippen LogP contribution in [0.3, 0.4) is 0 Å². The highest BCUT2D eigenvalue weighted by Gasteiger charge is 2.32. The van der Waals surface area contributed by atoms with Crippen molar-refractivity contribution < 1.29 is 18.3 Å². The van der Waals surface area contributed by atoms with E-state index >= 15 is 0 Å². The fourth-order valence-corrected chi connectivity index (χ4v) is 3.11. The molecule has 1 aromatic carbocycles. The van der Waals surface area contributed by atoms with Gasteiger partial charge in [0.05, 0.1) is 4.90 Å². The molecule has 0 atom stereocenters. The second-order valence-electron chi connectivity index (χ2n) is 3.29. The number of Topliss-reactive ketones (excluding diaryl/α,β-unsaturated/α-hetero) is 1. The Morgan fingerprint density at radius 3 is 2.60 bits per heavy atom. The van der Waals surface area contributed by atoms with Gasteiger partial charge in [-0.15, -0.1) is 0 Å². The summed E-state index contributed by atoms with van der Waals surface area (Å²) in [6, 6.07) is 4.00. The van der Waals surface area contributed by atoms with E-state index in [1.165, 1.54) is 25.1 Å². The van der Waals surface area contributed by atoms with Crippen molar-refractivity contribution >= 4 is 21.7 Å². The number of rotatable bonds is 1. The zero-order valence-electron chi connectivity index (χ0n) is 7.89. The molecule has 0 bridgehead atoms. The highest BCUT2D eigenvalue weighted by molar-refractivity contribution is 7.96. The van der Waals surface area contributed by atoms with E-state index in [0.29, 0.717) is 5.56 Å². The van der Waals surface area contributed by atoms with Gasteiger partial charge in [-0.1, -0.05) is 0 Å². The van der Waals surface area contributed by atoms with Crippen molar-refractivity contribution in [1.82, 2.24) is 0 Å². The topological polar surface area (TPSA) is 71.4 Å². The first-order valence-electron chi connectivity index (χ1n) is 4.23. The quantitative estimate of drug-likeness (QED) is 0.775. The first-order valence-corrected chi connectivity index (χ1v) is 5.72. The Morgan fingerprint density at radius 2 is 2.00 bits per heavy atom. The van der Waals surface area contributed by atoms with E-state index in [-0.39, 0.29) is 15.6 Å². The number of sulfone groups is 1. The number of carbonyl (C=O) groups excluding carboxylic acids is 1. The van der Waals surface area contributed by atoms with E-state index < -0.39 is 15.6 Å². The van der Waals surface area contributed by atoms with E-state index in [9.17, 15) is 18.3 Å². The number of aromatic hydroxyl groups is 1. The van der Waals surface area contributed by atoms with Crippen LogP contribution >= 0.6 is 0 Å². The normalized spacial score (nSPS) is 17.0. The Bertz CT molecular complexity index is 581. The standard InChI is InChI=1S/C10H8O4S/c1-6(11)9-4-7-2-3-8(12)5-10(7)15(9,13)14/h2-5,12H,1H3. The third-order valence-corrected chi connectivity index (χ3v) is 4.13. The van der Waals surface area contributed by atoms with Crippen LogP contribution in [0.15, 0.2) is 28.0 Å². The number of allylic oxidation sites excluding steroid dienone is 1. The molecule has 0 amide bonds. The third-order valence-electron chi connectivity index (χ3n) is 2.21. The van der Waals surface area contributed by atoms with Gasteiger partial charge in [-0.2, -0.15) is 0 Å². The van der Waals surface area contributed by atoms with Crippen LogP contribution in [-0.2, 0) is 14.6 Å².